The van der Waals surface area contributed by atoms with Crippen LogP contribution in [0.1, 0.15) is 0 Å². The van der Waals surface area contributed by atoms with Gasteiger partial charge in [-0.2, -0.15) is 0 Å². The van der Waals surface area contributed by atoms with Gasteiger partial charge in [-0.15, -0.1) is 0 Å². The fourth-order valence-corrected chi connectivity index (χ4v) is 10.3. The number of para-hydroxylation sites is 1. The van der Waals surface area contributed by atoms with Crippen molar-refractivity contribution in [2.24, 2.45) is 0 Å². The Bertz CT molecular complexity index is 4000. The van der Waals surface area contributed by atoms with Crippen LogP contribution in [-0.4, -0.2) is 4.57 Å². The summed E-state index contributed by atoms with van der Waals surface area (Å²) < 4.78 is 2.39. The van der Waals surface area contributed by atoms with Gasteiger partial charge in [0.05, 0.1) is 11.0 Å². The minimum absolute atomic E-state index is 1.09. The lowest BCUT2D eigenvalue weighted by molar-refractivity contribution is 1.18. The predicted octanol–water partition coefficient (Wildman–Crippen LogP) is 18.9. The van der Waals surface area contributed by atoms with Gasteiger partial charge in [0.1, 0.15) is 0 Å². The summed E-state index contributed by atoms with van der Waals surface area (Å²) in [6.45, 7) is 0. The first kappa shape index (κ1) is 41.0. The third-order valence-electron chi connectivity index (χ3n) is 14.0. The lowest BCUT2D eigenvalue weighted by atomic mass is 9.98. The Balaban J connectivity index is 0.833. The summed E-state index contributed by atoms with van der Waals surface area (Å²) in [7, 11) is 0. The molecule has 0 radical (unpaired) electrons. The number of nitrogens with zero attached hydrogens (tertiary/aromatic N) is 2. The molecule has 0 bridgehead atoms. The van der Waals surface area contributed by atoms with Gasteiger partial charge >= 0.3 is 0 Å². The Labute approximate surface area is 408 Å². The molecular weight excluding hydrogens is 845 g/mol. The van der Waals surface area contributed by atoms with E-state index in [4.69, 9.17) is 0 Å². The van der Waals surface area contributed by atoms with Gasteiger partial charge < -0.3 is 9.47 Å². The number of hydrogen-bond acceptors (Lipinski definition) is 1. The summed E-state index contributed by atoms with van der Waals surface area (Å²) in [4.78, 5) is 2.36. The normalized spacial score (nSPS) is 11.4. The van der Waals surface area contributed by atoms with Crippen molar-refractivity contribution in [1.82, 2.24) is 4.57 Å². The molecule has 13 aromatic rings. The zero-order chi connectivity index (χ0) is 46.4. The van der Waals surface area contributed by atoms with Crippen molar-refractivity contribution in [3.63, 3.8) is 0 Å². The van der Waals surface area contributed by atoms with Gasteiger partial charge in [0.2, 0.25) is 0 Å². The molecule has 0 amide bonds. The van der Waals surface area contributed by atoms with Crippen molar-refractivity contribution in [3.05, 3.63) is 279 Å². The molecular formula is C68H46N2. The number of fused-ring (bicyclic) bond motifs is 5. The molecule has 0 fully saturated rings. The topological polar surface area (TPSA) is 8.17 Å². The quantitative estimate of drug-likeness (QED) is 0.140. The van der Waals surface area contributed by atoms with E-state index in [1.54, 1.807) is 0 Å². The van der Waals surface area contributed by atoms with E-state index in [0.29, 0.717) is 0 Å². The molecule has 328 valence electrons. The maximum atomic E-state index is 2.39. The highest BCUT2D eigenvalue weighted by Crippen LogP contribution is 2.40. The molecule has 2 heteroatoms. The summed E-state index contributed by atoms with van der Waals surface area (Å²) in [5, 5.41) is 7.48. The fourth-order valence-electron chi connectivity index (χ4n) is 10.3. The van der Waals surface area contributed by atoms with Crippen molar-refractivity contribution in [3.8, 4) is 61.3 Å². The molecule has 0 unspecified atom stereocenters. The predicted molar refractivity (Wildman–Crippen MR) is 298 cm³/mol. The first-order valence-corrected chi connectivity index (χ1v) is 24.1. The largest absolute Gasteiger partial charge is 0.311 e. The zero-order valence-electron chi connectivity index (χ0n) is 38.5. The third-order valence-corrected chi connectivity index (χ3v) is 14.0. The number of rotatable bonds is 9. The molecule has 0 N–H and O–H groups in total. The van der Waals surface area contributed by atoms with E-state index in [9.17, 15) is 0 Å². The molecule has 0 aliphatic carbocycles. The van der Waals surface area contributed by atoms with Crippen LogP contribution < -0.4 is 4.90 Å². The Morgan fingerprint density at radius 1 is 0.214 bits per heavy atom. The van der Waals surface area contributed by atoms with E-state index >= 15 is 0 Å². The first-order valence-electron chi connectivity index (χ1n) is 24.1. The molecule has 70 heavy (non-hydrogen) atoms. The van der Waals surface area contributed by atoms with E-state index in [1.807, 2.05) is 0 Å². The molecule has 2 nitrogen and oxygen atoms in total. The van der Waals surface area contributed by atoms with Crippen molar-refractivity contribution in [2.45, 2.75) is 0 Å². The summed E-state index contributed by atoms with van der Waals surface area (Å²) >= 11 is 0. The van der Waals surface area contributed by atoms with Crippen LogP contribution in [0.15, 0.2) is 279 Å². The maximum absolute atomic E-state index is 2.39. The van der Waals surface area contributed by atoms with Gasteiger partial charge in [-0.25, -0.2) is 0 Å². The van der Waals surface area contributed by atoms with E-state index in [2.05, 4.69) is 289 Å². The minimum atomic E-state index is 1.09. The van der Waals surface area contributed by atoms with E-state index in [0.717, 1.165) is 22.7 Å². The van der Waals surface area contributed by atoms with E-state index in [1.165, 1.54) is 99.0 Å². The molecule has 0 aliphatic heterocycles. The van der Waals surface area contributed by atoms with E-state index in [-0.39, 0.29) is 0 Å². The van der Waals surface area contributed by atoms with Crippen molar-refractivity contribution < 1.29 is 0 Å². The van der Waals surface area contributed by atoms with E-state index < -0.39 is 0 Å². The molecule has 13 rings (SSSR count). The van der Waals surface area contributed by atoms with Gasteiger partial charge in [0.15, 0.2) is 0 Å². The lowest BCUT2D eigenvalue weighted by Gasteiger charge is -2.26. The highest BCUT2D eigenvalue weighted by atomic mass is 15.1. The maximum Gasteiger partial charge on any atom is 0.0541 e. The smallest absolute Gasteiger partial charge is 0.0541 e. The first-order chi connectivity index (χ1) is 34.7. The van der Waals surface area contributed by atoms with Gasteiger partial charge in [-0.3, -0.25) is 0 Å². The molecule has 0 atom stereocenters. The highest BCUT2D eigenvalue weighted by Gasteiger charge is 2.17. The molecule has 0 saturated heterocycles. The van der Waals surface area contributed by atoms with Crippen molar-refractivity contribution >= 4 is 60.4 Å². The Hall–Kier alpha value is -9.24. The van der Waals surface area contributed by atoms with Crippen LogP contribution in [0, 0.1) is 0 Å². The Morgan fingerprint density at radius 3 is 1.07 bits per heavy atom. The summed E-state index contributed by atoms with van der Waals surface area (Å²) in [6, 6.07) is 102. The molecule has 0 saturated carbocycles. The molecule has 12 aromatic carbocycles. The Kier molecular flexibility index (Phi) is 10.2. The minimum Gasteiger partial charge on any atom is -0.311 e. The van der Waals surface area contributed by atoms with Crippen LogP contribution in [0.25, 0.3) is 105 Å². The second kappa shape index (κ2) is 17.4. The second-order valence-electron chi connectivity index (χ2n) is 18.2. The van der Waals surface area contributed by atoms with Crippen molar-refractivity contribution in [1.29, 1.82) is 0 Å². The molecule has 1 aromatic heterocycles. The highest BCUT2D eigenvalue weighted by molar-refractivity contribution is 6.10. The standard InChI is InChI=1S/C68H46N2/c1-2-10-47(11-3-1)51-28-41-64(42-29-51)70-67-17-9-8-16-65(67)66-46-60(34-43-68(66)70)55-32-39-63(40-33-55)69(62-37-30-54(31-38-62)59-25-23-49-13-5-7-15-57(49)45-59)61-35-26-52(27-36-61)50-18-20-53(21-19-50)58-24-22-48-12-4-6-14-56(48)44-58/h1-46H. The van der Waals surface area contributed by atoms with Crippen LogP contribution >= 0.6 is 0 Å². The monoisotopic (exact) mass is 890 g/mol. The van der Waals surface area contributed by atoms with Gasteiger partial charge in [-0.1, -0.05) is 200 Å². The van der Waals surface area contributed by atoms with Crippen molar-refractivity contribution in [2.75, 3.05) is 4.90 Å². The lowest BCUT2D eigenvalue weighted by Crippen LogP contribution is -2.09. The SMILES string of the molecule is c1ccc(-c2ccc(-n3c4ccccc4c4cc(-c5ccc(N(c6ccc(-c7ccc(-c8ccc9ccccc9c8)cc7)cc6)c6ccc(-c7ccc8ccccc8c7)cc6)cc5)ccc43)cc2)cc1. The number of hydrogen-bond donors (Lipinski definition) is 0. The molecule has 0 aliphatic rings. The number of anilines is 3. The second-order valence-corrected chi connectivity index (χ2v) is 18.2. The average molecular weight is 891 g/mol. The van der Waals surface area contributed by atoms with Crippen LogP contribution in [-0.2, 0) is 0 Å². The van der Waals surface area contributed by atoms with Crippen LogP contribution in [0.2, 0.25) is 0 Å². The zero-order valence-corrected chi connectivity index (χ0v) is 38.5. The van der Waals surface area contributed by atoms with Crippen LogP contribution in [0.5, 0.6) is 0 Å². The third kappa shape index (κ3) is 7.59. The van der Waals surface area contributed by atoms with Crippen LogP contribution in [0.4, 0.5) is 17.1 Å². The number of aromatic nitrogens is 1. The van der Waals surface area contributed by atoms with Gasteiger partial charge in [0, 0.05) is 33.5 Å². The molecule has 0 spiro atoms. The summed E-state index contributed by atoms with van der Waals surface area (Å²) in [6.07, 6.45) is 0. The Morgan fingerprint density at radius 2 is 0.557 bits per heavy atom. The summed E-state index contributed by atoms with van der Waals surface area (Å²) in [5.41, 5.74) is 18.8. The van der Waals surface area contributed by atoms with Gasteiger partial charge in [-0.05, 0) is 156 Å². The average Bonchev–Trinajstić information content (AvgIpc) is 3.77. The van der Waals surface area contributed by atoms with Crippen LogP contribution in [0.3, 0.4) is 0 Å². The fraction of sp³-hybridized carbons (Fsp3) is 0. The van der Waals surface area contributed by atoms with Gasteiger partial charge in [0.25, 0.3) is 0 Å². The summed E-state index contributed by atoms with van der Waals surface area (Å²) in [5.74, 6) is 0. The number of benzene rings is 12. The molecule has 1 heterocycles.